The Morgan fingerprint density at radius 3 is 2.62 bits per heavy atom. The number of anilines is 1. The molecule has 1 saturated heterocycles. The molecule has 1 aromatic rings. The van der Waals surface area contributed by atoms with Crippen molar-refractivity contribution in [2.75, 3.05) is 25.1 Å². The van der Waals surface area contributed by atoms with Crippen LogP contribution in [0.1, 0.15) is 18.5 Å². The summed E-state index contributed by atoms with van der Waals surface area (Å²) in [5.41, 5.74) is 6.81. The number of pyridine rings is 1. The van der Waals surface area contributed by atoms with Crippen LogP contribution in [0.15, 0.2) is 18.3 Å². The number of carbonyl (C=O) groups is 1. The van der Waals surface area contributed by atoms with E-state index in [1.54, 1.807) is 17.0 Å². The van der Waals surface area contributed by atoms with Crippen LogP contribution in [0.2, 0.25) is 0 Å². The molecule has 1 aliphatic rings. The first-order valence-corrected chi connectivity index (χ1v) is 8.68. The highest BCUT2D eigenvalue weighted by Gasteiger charge is 2.24. The van der Waals surface area contributed by atoms with E-state index in [2.05, 4.69) is 9.71 Å². The van der Waals surface area contributed by atoms with Crippen molar-refractivity contribution in [1.82, 2.24) is 14.6 Å². The van der Waals surface area contributed by atoms with Gasteiger partial charge in [-0.05, 0) is 25.0 Å². The van der Waals surface area contributed by atoms with Gasteiger partial charge in [0.25, 0.3) is 0 Å². The van der Waals surface area contributed by atoms with Gasteiger partial charge in [0.15, 0.2) is 0 Å². The molecule has 0 aliphatic carbocycles. The summed E-state index contributed by atoms with van der Waals surface area (Å²) in [6.45, 7) is 1.11. The number of piperidine rings is 1. The smallest absolute Gasteiger partial charge is 0.228 e. The molecule has 0 saturated carbocycles. The van der Waals surface area contributed by atoms with Crippen molar-refractivity contribution in [3.8, 4) is 0 Å². The first-order valence-electron chi connectivity index (χ1n) is 6.79. The zero-order valence-corrected chi connectivity index (χ0v) is 12.8. The van der Waals surface area contributed by atoms with Crippen LogP contribution in [0.4, 0.5) is 5.69 Å². The van der Waals surface area contributed by atoms with E-state index in [9.17, 15) is 13.2 Å². The lowest BCUT2D eigenvalue weighted by Gasteiger charge is -2.32. The van der Waals surface area contributed by atoms with Gasteiger partial charge in [0, 0.05) is 24.8 Å². The van der Waals surface area contributed by atoms with Gasteiger partial charge in [-0.1, -0.05) is 0 Å². The Hall–Kier alpha value is -1.67. The molecular formula is C13H20N4O3S. The predicted molar refractivity (Wildman–Crippen MR) is 79.9 cm³/mol. The first kappa shape index (κ1) is 15.7. The van der Waals surface area contributed by atoms with Gasteiger partial charge in [0.2, 0.25) is 15.9 Å². The maximum absolute atomic E-state index is 12.2. The van der Waals surface area contributed by atoms with Crippen molar-refractivity contribution in [2.45, 2.75) is 25.3 Å². The molecule has 2 rings (SSSR count). The summed E-state index contributed by atoms with van der Waals surface area (Å²) in [6.07, 6.45) is 4.19. The lowest BCUT2D eigenvalue weighted by atomic mass is 10.1. The molecule has 0 radical (unpaired) electrons. The molecule has 1 aliphatic heterocycles. The Morgan fingerprint density at radius 1 is 1.43 bits per heavy atom. The van der Waals surface area contributed by atoms with Crippen molar-refractivity contribution < 1.29 is 13.2 Å². The van der Waals surface area contributed by atoms with E-state index in [0.29, 0.717) is 37.3 Å². The molecule has 0 bridgehead atoms. The molecule has 0 spiro atoms. The Kier molecular flexibility index (Phi) is 4.79. The second-order valence-corrected chi connectivity index (χ2v) is 7.08. The normalized spacial score (nSPS) is 16.9. The summed E-state index contributed by atoms with van der Waals surface area (Å²) >= 11 is 0. The van der Waals surface area contributed by atoms with Crippen LogP contribution in [0.3, 0.4) is 0 Å². The highest BCUT2D eigenvalue weighted by molar-refractivity contribution is 7.88. The molecule has 7 nitrogen and oxygen atoms in total. The van der Waals surface area contributed by atoms with Gasteiger partial charge in [-0.25, -0.2) is 13.1 Å². The number of rotatable bonds is 4. The van der Waals surface area contributed by atoms with Crippen LogP contribution < -0.4 is 10.5 Å². The maximum Gasteiger partial charge on any atom is 0.228 e. The van der Waals surface area contributed by atoms with Crippen molar-refractivity contribution in [3.63, 3.8) is 0 Å². The van der Waals surface area contributed by atoms with Crippen molar-refractivity contribution in [1.29, 1.82) is 0 Å². The molecule has 116 valence electrons. The van der Waals surface area contributed by atoms with Gasteiger partial charge in [0.1, 0.15) is 0 Å². The summed E-state index contributed by atoms with van der Waals surface area (Å²) in [5.74, 6) is 0.00470. The fourth-order valence-electron chi connectivity index (χ4n) is 2.36. The van der Waals surface area contributed by atoms with Crippen LogP contribution in [-0.2, 0) is 21.2 Å². The zero-order valence-electron chi connectivity index (χ0n) is 11.9. The molecule has 2 heterocycles. The highest BCUT2D eigenvalue weighted by Crippen LogP contribution is 2.13. The Labute approximate surface area is 124 Å². The summed E-state index contributed by atoms with van der Waals surface area (Å²) in [7, 11) is -3.19. The third-order valence-corrected chi connectivity index (χ3v) is 4.17. The standard InChI is InChI=1S/C13H20N4O3S/c1-21(19,20)16-11-4-6-17(7-5-11)13(18)8-12-3-2-10(14)9-15-12/h2-3,9,11,16H,4-8,14H2,1H3. The Bertz CT molecular complexity index is 592. The average molecular weight is 312 g/mol. The van der Waals surface area contributed by atoms with Gasteiger partial charge in [0.05, 0.1) is 24.6 Å². The minimum absolute atomic E-state index is 0.00470. The van der Waals surface area contributed by atoms with Gasteiger partial charge in [-0.2, -0.15) is 0 Å². The van der Waals surface area contributed by atoms with E-state index < -0.39 is 10.0 Å². The molecule has 8 heteroatoms. The van der Waals surface area contributed by atoms with Crippen molar-refractivity contribution >= 4 is 21.6 Å². The number of hydrogen-bond acceptors (Lipinski definition) is 5. The fourth-order valence-corrected chi connectivity index (χ4v) is 3.20. The zero-order chi connectivity index (χ0) is 15.5. The Balaban J connectivity index is 1.84. The number of carbonyl (C=O) groups excluding carboxylic acids is 1. The largest absolute Gasteiger partial charge is 0.397 e. The number of nitrogens with one attached hydrogen (secondary N) is 1. The van der Waals surface area contributed by atoms with Gasteiger partial charge < -0.3 is 10.6 Å². The third kappa shape index (κ3) is 4.98. The lowest BCUT2D eigenvalue weighted by Crippen LogP contribution is -2.46. The van der Waals surface area contributed by atoms with E-state index in [4.69, 9.17) is 5.73 Å². The van der Waals surface area contributed by atoms with E-state index in [1.165, 1.54) is 6.20 Å². The molecule has 1 fully saturated rings. The fraction of sp³-hybridized carbons (Fsp3) is 0.538. The van der Waals surface area contributed by atoms with Crippen molar-refractivity contribution in [3.05, 3.63) is 24.0 Å². The number of nitrogens with zero attached hydrogens (tertiary/aromatic N) is 2. The van der Waals surface area contributed by atoms with E-state index in [0.717, 1.165) is 6.26 Å². The maximum atomic E-state index is 12.2. The third-order valence-electron chi connectivity index (χ3n) is 3.41. The Morgan fingerprint density at radius 2 is 2.10 bits per heavy atom. The number of sulfonamides is 1. The number of aromatic nitrogens is 1. The van der Waals surface area contributed by atoms with E-state index in [-0.39, 0.29) is 18.4 Å². The quantitative estimate of drug-likeness (QED) is 0.797. The van der Waals surface area contributed by atoms with Crippen LogP contribution in [0.25, 0.3) is 0 Å². The van der Waals surface area contributed by atoms with E-state index in [1.807, 2.05) is 0 Å². The number of likely N-dealkylation sites (tertiary alicyclic amines) is 1. The van der Waals surface area contributed by atoms with Crippen LogP contribution in [0, 0.1) is 0 Å². The monoisotopic (exact) mass is 312 g/mol. The molecule has 1 aromatic heterocycles. The number of hydrogen-bond donors (Lipinski definition) is 2. The summed E-state index contributed by atoms with van der Waals surface area (Å²) in [4.78, 5) is 18.0. The van der Waals surface area contributed by atoms with Crippen LogP contribution in [-0.4, -0.2) is 49.6 Å². The number of amides is 1. The van der Waals surface area contributed by atoms with Crippen molar-refractivity contribution in [2.24, 2.45) is 0 Å². The minimum atomic E-state index is -3.19. The predicted octanol–water partition coefficient (Wildman–Crippen LogP) is -0.253. The van der Waals surface area contributed by atoms with Gasteiger partial charge in [-0.3, -0.25) is 9.78 Å². The molecular weight excluding hydrogens is 292 g/mol. The van der Waals surface area contributed by atoms with Crippen LogP contribution >= 0.6 is 0 Å². The number of nitrogens with two attached hydrogens (primary N) is 1. The topological polar surface area (TPSA) is 105 Å². The lowest BCUT2D eigenvalue weighted by molar-refractivity contribution is -0.131. The summed E-state index contributed by atoms with van der Waals surface area (Å²) in [5, 5.41) is 0. The minimum Gasteiger partial charge on any atom is -0.397 e. The highest BCUT2D eigenvalue weighted by atomic mass is 32.2. The van der Waals surface area contributed by atoms with E-state index >= 15 is 0 Å². The summed E-state index contributed by atoms with van der Waals surface area (Å²) in [6, 6.07) is 3.38. The second kappa shape index (κ2) is 6.40. The summed E-state index contributed by atoms with van der Waals surface area (Å²) < 4.78 is 24.9. The van der Waals surface area contributed by atoms with Gasteiger partial charge >= 0.3 is 0 Å². The molecule has 1 amide bonds. The van der Waals surface area contributed by atoms with Gasteiger partial charge in [-0.15, -0.1) is 0 Å². The average Bonchev–Trinajstić information content (AvgIpc) is 2.40. The van der Waals surface area contributed by atoms with Crippen LogP contribution in [0.5, 0.6) is 0 Å². The molecule has 0 atom stereocenters. The molecule has 0 unspecified atom stereocenters. The SMILES string of the molecule is CS(=O)(=O)NC1CCN(C(=O)Cc2ccc(N)cn2)CC1. The number of nitrogen functional groups attached to an aromatic ring is 1. The second-order valence-electron chi connectivity index (χ2n) is 5.30. The first-order chi connectivity index (χ1) is 9.83. The molecule has 0 aromatic carbocycles. The molecule has 21 heavy (non-hydrogen) atoms. The molecule has 3 N–H and O–H groups in total.